The molecule has 1 saturated carbocycles. The van der Waals surface area contributed by atoms with Crippen molar-refractivity contribution < 1.29 is 13.2 Å². The van der Waals surface area contributed by atoms with Gasteiger partial charge in [-0.25, -0.2) is 8.42 Å². The molecule has 0 spiro atoms. The van der Waals surface area contributed by atoms with Crippen LogP contribution in [0.15, 0.2) is 29.2 Å². The molecule has 3 rings (SSSR count). The van der Waals surface area contributed by atoms with Crippen LogP contribution in [0, 0.1) is 5.92 Å². The molecule has 5 nitrogen and oxygen atoms in total. The number of nitrogens with zero attached hydrogens (tertiary/aromatic N) is 1. The maximum absolute atomic E-state index is 13.0. The van der Waals surface area contributed by atoms with Crippen molar-refractivity contribution in [1.29, 1.82) is 0 Å². The van der Waals surface area contributed by atoms with Crippen LogP contribution in [0.1, 0.15) is 69.2 Å². The molecule has 1 aromatic rings. The lowest BCUT2D eigenvalue weighted by Crippen LogP contribution is -2.42. The van der Waals surface area contributed by atoms with Crippen LogP contribution in [0.25, 0.3) is 0 Å². The number of rotatable bonds is 4. The van der Waals surface area contributed by atoms with Crippen molar-refractivity contribution in [2.45, 2.75) is 75.8 Å². The molecule has 0 aromatic heterocycles. The van der Waals surface area contributed by atoms with Crippen molar-refractivity contribution >= 4 is 15.9 Å². The van der Waals surface area contributed by atoms with Crippen LogP contribution in [0.2, 0.25) is 0 Å². The summed E-state index contributed by atoms with van der Waals surface area (Å²) in [4.78, 5) is 12.9. The summed E-state index contributed by atoms with van der Waals surface area (Å²) in [6, 6.07) is 6.67. The van der Waals surface area contributed by atoms with E-state index in [0.717, 1.165) is 38.5 Å². The quantitative estimate of drug-likeness (QED) is 0.871. The van der Waals surface area contributed by atoms with Crippen molar-refractivity contribution in [3.63, 3.8) is 0 Å². The fraction of sp³-hybridized carbons (Fsp3) is 0.650. The lowest BCUT2D eigenvalue weighted by molar-refractivity contribution is 0.0910. The van der Waals surface area contributed by atoms with Crippen LogP contribution in [0.3, 0.4) is 0 Å². The Labute approximate surface area is 157 Å². The molecular weight excluding hydrogens is 348 g/mol. The second kappa shape index (κ2) is 8.09. The largest absolute Gasteiger partial charge is 0.349 e. The molecule has 26 heavy (non-hydrogen) atoms. The zero-order chi connectivity index (χ0) is 18.7. The number of carbonyl (C=O) groups is 1. The Balaban J connectivity index is 1.78. The average Bonchev–Trinajstić information content (AvgIpc) is 2.64. The third kappa shape index (κ3) is 4.12. The van der Waals surface area contributed by atoms with E-state index in [2.05, 4.69) is 12.2 Å². The van der Waals surface area contributed by atoms with Gasteiger partial charge in [0.1, 0.15) is 0 Å². The van der Waals surface area contributed by atoms with Gasteiger partial charge in [0, 0.05) is 24.2 Å². The molecule has 0 radical (unpaired) electrons. The van der Waals surface area contributed by atoms with E-state index in [4.69, 9.17) is 0 Å². The first-order valence-corrected chi connectivity index (χ1v) is 11.3. The SMILES string of the molecule is C[C@H]1CCCC[C@H]1NC(=O)c1cccc(S(=O)(=O)N2CCCC[C@@H]2C)c1. The van der Waals surface area contributed by atoms with E-state index in [1.165, 1.54) is 12.5 Å². The first-order chi connectivity index (χ1) is 12.4. The third-order valence-corrected chi connectivity index (χ3v) is 7.88. The van der Waals surface area contributed by atoms with E-state index in [9.17, 15) is 13.2 Å². The summed E-state index contributed by atoms with van der Waals surface area (Å²) in [5.74, 6) is 0.293. The number of sulfonamides is 1. The number of nitrogens with one attached hydrogen (secondary N) is 1. The van der Waals surface area contributed by atoms with Gasteiger partial charge in [-0.1, -0.05) is 32.3 Å². The summed E-state index contributed by atoms with van der Waals surface area (Å²) >= 11 is 0. The third-order valence-electron chi connectivity index (χ3n) is 5.87. The summed E-state index contributed by atoms with van der Waals surface area (Å²) in [5.41, 5.74) is 0.425. The van der Waals surface area contributed by atoms with E-state index >= 15 is 0 Å². The predicted octanol–water partition coefficient (Wildman–Crippen LogP) is 3.56. The minimum Gasteiger partial charge on any atom is -0.349 e. The highest BCUT2D eigenvalue weighted by Gasteiger charge is 2.31. The number of amides is 1. The number of benzene rings is 1. The topological polar surface area (TPSA) is 66.5 Å². The molecular formula is C20H30N2O3S. The molecule has 1 aliphatic heterocycles. The standard InChI is InChI=1S/C20H30N2O3S/c1-15-8-3-4-12-19(15)21-20(23)17-10-7-11-18(14-17)26(24,25)22-13-6-5-9-16(22)2/h7,10-11,14-16,19H,3-6,8-9,12-13H2,1-2H3,(H,21,23)/t15-,16-,19+/m0/s1. The molecule has 144 valence electrons. The summed E-state index contributed by atoms with van der Waals surface area (Å²) in [6.07, 6.45) is 7.33. The second-order valence-electron chi connectivity index (χ2n) is 7.83. The van der Waals surface area contributed by atoms with Gasteiger partial charge in [-0.3, -0.25) is 4.79 Å². The zero-order valence-corrected chi connectivity index (χ0v) is 16.6. The van der Waals surface area contributed by atoms with E-state index in [1.807, 2.05) is 6.92 Å². The highest BCUT2D eigenvalue weighted by molar-refractivity contribution is 7.89. The minimum absolute atomic E-state index is 0.00863. The van der Waals surface area contributed by atoms with Crippen molar-refractivity contribution in [2.75, 3.05) is 6.54 Å². The van der Waals surface area contributed by atoms with E-state index in [0.29, 0.717) is 18.0 Å². The van der Waals surface area contributed by atoms with Gasteiger partial charge in [-0.05, 0) is 56.7 Å². The van der Waals surface area contributed by atoms with Crippen LogP contribution >= 0.6 is 0 Å². The fourth-order valence-corrected chi connectivity index (χ4v) is 5.89. The van der Waals surface area contributed by atoms with Gasteiger partial charge in [-0.2, -0.15) is 4.31 Å². The van der Waals surface area contributed by atoms with Crippen molar-refractivity contribution in [3.8, 4) is 0 Å². The molecule has 1 amide bonds. The molecule has 2 aliphatic rings. The van der Waals surface area contributed by atoms with Gasteiger partial charge in [0.05, 0.1) is 4.90 Å². The monoisotopic (exact) mass is 378 g/mol. The van der Waals surface area contributed by atoms with Crippen LogP contribution in [-0.4, -0.2) is 37.3 Å². The van der Waals surface area contributed by atoms with Gasteiger partial charge < -0.3 is 5.32 Å². The summed E-state index contributed by atoms with van der Waals surface area (Å²) in [5, 5.41) is 3.10. The number of carbonyl (C=O) groups excluding carboxylic acids is 1. The smallest absolute Gasteiger partial charge is 0.251 e. The fourth-order valence-electron chi connectivity index (χ4n) is 4.14. The van der Waals surface area contributed by atoms with Crippen LogP contribution in [0.5, 0.6) is 0 Å². The average molecular weight is 379 g/mol. The Morgan fingerprint density at radius 3 is 2.54 bits per heavy atom. The number of hydrogen-bond acceptors (Lipinski definition) is 3. The summed E-state index contributed by atoms with van der Waals surface area (Å²) in [7, 11) is -3.56. The molecule has 1 saturated heterocycles. The molecule has 1 aliphatic carbocycles. The first kappa shape index (κ1) is 19.4. The highest BCUT2D eigenvalue weighted by Crippen LogP contribution is 2.26. The normalized spacial score (nSPS) is 27.8. The maximum Gasteiger partial charge on any atom is 0.251 e. The Kier molecular flexibility index (Phi) is 6.03. The maximum atomic E-state index is 13.0. The van der Waals surface area contributed by atoms with Crippen LogP contribution in [-0.2, 0) is 10.0 Å². The molecule has 0 bridgehead atoms. The Hall–Kier alpha value is -1.40. The minimum atomic E-state index is -3.56. The van der Waals surface area contributed by atoms with Crippen LogP contribution < -0.4 is 5.32 Å². The molecule has 1 heterocycles. The summed E-state index contributed by atoms with van der Waals surface area (Å²) in [6.45, 7) is 4.68. The van der Waals surface area contributed by atoms with Crippen LogP contribution in [0.4, 0.5) is 0 Å². The van der Waals surface area contributed by atoms with Gasteiger partial charge in [0.15, 0.2) is 0 Å². The Bertz CT molecular complexity index is 747. The van der Waals surface area contributed by atoms with Crippen molar-refractivity contribution in [1.82, 2.24) is 9.62 Å². The lowest BCUT2D eigenvalue weighted by atomic mass is 9.86. The molecule has 1 aromatic carbocycles. The second-order valence-corrected chi connectivity index (χ2v) is 9.72. The molecule has 6 heteroatoms. The van der Waals surface area contributed by atoms with Gasteiger partial charge in [-0.15, -0.1) is 0 Å². The molecule has 3 atom stereocenters. The van der Waals surface area contributed by atoms with Gasteiger partial charge >= 0.3 is 0 Å². The van der Waals surface area contributed by atoms with E-state index in [-0.39, 0.29) is 22.9 Å². The van der Waals surface area contributed by atoms with E-state index < -0.39 is 10.0 Å². The Morgan fingerprint density at radius 2 is 1.81 bits per heavy atom. The van der Waals surface area contributed by atoms with Gasteiger partial charge in [0.2, 0.25) is 10.0 Å². The van der Waals surface area contributed by atoms with Gasteiger partial charge in [0.25, 0.3) is 5.91 Å². The molecule has 1 N–H and O–H groups in total. The molecule has 2 fully saturated rings. The number of hydrogen-bond donors (Lipinski definition) is 1. The highest BCUT2D eigenvalue weighted by atomic mass is 32.2. The lowest BCUT2D eigenvalue weighted by Gasteiger charge is -2.32. The van der Waals surface area contributed by atoms with Crippen molar-refractivity contribution in [2.24, 2.45) is 5.92 Å². The number of piperidine rings is 1. The van der Waals surface area contributed by atoms with E-state index in [1.54, 1.807) is 22.5 Å². The summed E-state index contributed by atoms with van der Waals surface area (Å²) < 4.78 is 27.6. The predicted molar refractivity (Wildman–Crippen MR) is 103 cm³/mol. The Morgan fingerprint density at radius 1 is 1.08 bits per heavy atom. The zero-order valence-electron chi connectivity index (χ0n) is 15.8. The first-order valence-electron chi connectivity index (χ1n) is 9.82. The molecule has 0 unspecified atom stereocenters. The van der Waals surface area contributed by atoms with Crippen molar-refractivity contribution in [3.05, 3.63) is 29.8 Å².